The maximum absolute atomic E-state index is 2.50. The maximum Gasteiger partial charge on any atom is 0.0555 e. The predicted octanol–water partition coefficient (Wildman–Crippen LogP) is 13.9. The lowest BCUT2D eigenvalue weighted by Crippen LogP contribution is -2.11. The molecule has 0 radical (unpaired) electrons. The zero-order valence-electron chi connectivity index (χ0n) is 25.4. The van der Waals surface area contributed by atoms with E-state index in [2.05, 4.69) is 169 Å². The molecule has 0 N–H and O–H groups in total. The van der Waals surface area contributed by atoms with Crippen molar-refractivity contribution in [2.75, 3.05) is 4.90 Å². The Balaban J connectivity index is 1.28. The molecule has 3 heteroatoms. The van der Waals surface area contributed by atoms with Crippen molar-refractivity contribution < 1.29 is 0 Å². The first-order valence-corrected chi connectivity index (χ1v) is 17.6. The van der Waals surface area contributed by atoms with Crippen LogP contribution in [0.3, 0.4) is 0 Å². The van der Waals surface area contributed by atoms with Gasteiger partial charge >= 0.3 is 0 Å². The zero-order valence-corrected chi connectivity index (χ0v) is 27.0. The second-order valence-corrected chi connectivity index (χ2v) is 14.2. The van der Waals surface area contributed by atoms with E-state index < -0.39 is 0 Å². The van der Waals surface area contributed by atoms with Crippen LogP contribution in [0.25, 0.3) is 73.0 Å². The topological polar surface area (TPSA) is 3.24 Å². The Morgan fingerprint density at radius 1 is 0.383 bits per heavy atom. The van der Waals surface area contributed by atoms with Gasteiger partial charge in [0.05, 0.1) is 11.4 Å². The Hall–Kier alpha value is -5.48. The van der Waals surface area contributed by atoms with E-state index in [4.69, 9.17) is 0 Å². The molecule has 0 aliphatic heterocycles. The van der Waals surface area contributed by atoms with Gasteiger partial charge in [-0.2, -0.15) is 0 Å². The number of hydrogen-bond donors (Lipinski definition) is 0. The van der Waals surface area contributed by atoms with E-state index in [9.17, 15) is 0 Å². The normalized spacial score (nSPS) is 11.8. The molecule has 10 rings (SSSR count). The molecule has 0 saturated carbocycles. The number of fused-ring (bicyclic) bond motifs is 9. The summed E-state index contributed by atoms with van der Waals surface area (Å²) in [6.07, 6.45) is 0. The zero-order chi connectivity index (χ0) is 30.9. The molecule has 2 aromatic heterocycles. The number of anilines is 3. The summed E-state index contributed by atoms with van der Waals surface area (Å²) in [5.41, 5.74) is 6.00. The average Bonchev–Trinajstić information content (AvgIpc) is 3.71. The summed E-state index contributed by atoms with van der Waals surface area (Å²) in [5, 5.41) is 10.3. The first-order valence-electron chi connectivity index (χ1n) is 15.9. The second kappa shape index (κ2) is 10.5. The summed E-state index contributed by atoms with van der Waals surface area (Å²) in [5.74, 6) is 0. The first-order chi connectivity index (χ1) is 23.3. The number of rotatable bonds is 4. The lowest BCUT2D eigenvalue weighted by Gasteiger charge is -2.28. The monoisotopic (exact) mass is 633 g/mol. The van der Waals surface area contributed by atoms with E-state index in [-0.39, 0.29) is 0 Å². The van der Waals surface area contributed by atoms with Crippen molar-refractivity contribution in [2.45, 2.75) is 0 Å². The van der Waals surface area contributed by atoms with Gasteiger partial charge < -0.3 is 4.90 Å². The van der Waals surface area contributed by atoms with Crippen LogP contribution in [0.2, 0.25) is 0 Å². The molecule has 2 heterocycles. The largest absolute Gasteiger partial charge is 0.309 e. The fourth-order valence-electron chi connectivity index (χ4n) is 7.33. The quantitative estimate of drug-likeness (QED) is 0.186. The number of benzene rings is 8. The van der Waals surface area contributed by atoms with Crippen LogP contribution >= 0.6 is 22.7 Å². The van der Waals surface area contributed by atoms with E-state index >= 15 is 0 Å². The lowest BCUT2D eigenvalue weighted by molar-refractivity contribution is 1.32. The molecule has 0 unspecified atom stereocenters. The second-order valence-electron chi connectivity index (χ2n) is 12.1. The van der Waals surface area contributed by atoms with Gasteiger partial charge in [-0.25, -0.2) is 0 Å². The van der Waals surface area contributed by atoms with Crippen LogP contribution in [-0.4, -0.2) is 0 Å². The molecule has 8 aromatic carbocycles. The maximum atomic E-state index is 2.50. The summed E-state index contributed by atoms with van der Waals surface area (Å²) in [7, 11) is 0. The predicted molar refractivity (Wildman–Crippen MR) is 207 cm³/mol. The van der Waals surface area contributed by atoms with Crippen LogP contribution < -0.4 is 4.90 Å². The SMILES string of the molecule is c1ccc2c(-c3ccc(N(c4cc5c6ccccc6sc5c5ccccc45)c4cccc5sc6ccccc6c45)cc3)cccc2c1. The van der Waals surface area contributed by atoms with Crippen molar-refractivity contribution in [1.82, 2.24) is 0 Å². The fourth-order valence-corrected chi connectivity index (χ4v) is 9.68. The van der Waals surface area contributed by atoms with Crippen molar-refractivity contribution >= 4 is 102 Å². The van der Waals surface area contributed by atoms with E-state index in [1.807, 2.05) is 22.7 Å². The highest BCUT2D eigenvalue weighted by molar-refractivity contribution is 7.27. The van der Waals surface area contributed by atoms with E-state index in [0.29, 0.717) is 0 Å². The summed E-state index contributed by atoms with van der Waals surface area (Å²) >= 11 is 3.76. The smallest absolute Gasteiger partial charge is 0.0555 e. The average molecular weight is 634 g/mol. The van der Waals surface area contributed by atoms with Crippen LogP contribution in [0.15, 0.2) is 164 Å². The molecule has 0 atom stereocenters. The number of thiophene rings is 2. The molecule has 220 valence electrons. The van der Waals surface area contributed by atoms with Crippen LogP contribution in [-0.2, 0) is 0 Å². The number of hydrogen-bond acceptors (Lipinski definition) is 3. The molecule has 0 bridgehead atoms. The van der Waals surface area contributed by atoms with Gasteiger partial charge in [0.25, 0.3) is 0 Å². The van der Waals surface area contributed by atoms with Crippen molar-refractivity contribution in [3.63, 3.8) is 0 Å². The molecule has 47 heavy (non-hydrogen) atoms. The summed E-state index contributed by atoms with van der Waals surface area (Å²) in [6.45, 7) is 0. The first kappa shape index (κ1) is 26.7. The molecular weight excluding hydrogens is 607 g/mol. The molecular formula is C44H27NS2. The van der Waals surface area contributed by atoms with Crippen LogP contribution in [0.4, 0.5) is 17.1 Å². The molecule has 0 amide bonds. The third kappa shape index (κ3) is 4.14. The Kier molecular flexibility index (Phi) is 5.98. The van der Waals surface area contributed by atoms with E-state index in [0.717, 1.165) is 5.69 Å². The molecule has 0 spiro atoms. The highest BCUT2D eigenvalue weighted by Crippen LogP contribution is 2.49. The van der Waals surface area contributed by atoms with Gasteiger partial charge in [-0.15, -0.1) is 22.7 Å². The van der Waals surface area contributed by atoms with Crippen LogP contribution in [0, 0.1) is 0 Å². The Morgan fingerprint density at radius 2 is 1.00 bits per heavy atom. The number of nitrogens with zero attached hydrogens (tertiary/aromatic N) is 1. The van der Waals surface area contributed by atoms with Gasteiger partial charge in [0.1, 0.15) is 0 Å². The Morgan fingerprint density at radius 3 is 1.83 bits per heavy atom. The molecule has 0 saturated heterocycles. The minimum Gasteiger partial charge on any atom is -0.309 e. The van der Waals surface area contributed by atoms with Crippen molar-refractivity contribution in [3.8, 4) is 11.1 Å². The molecule has 10 aromatic rings. The fraction of sp³-hybridized carbons (Fsp3) is 0. The van der Waals surface area contributed by atoms with Crippen molar-refractivity contribution in [1.29, 1.82) is 0 Å². The van der Waals surface area contributed by atoms with E-state index in [1.54, 1.807) is 0 Å². The standard InChI is InChI=1S/C44H27NS2/c1-2-13-31-28(11-1)12-9-18-32(31)29-23-25-30(26-24-29)45(38-19-10-22-42-43(38)36-17-6-8-21-41(36)46-42)39-27-37-34-15-5-7-20-40(34)47-44(37)35-16-4-3-14-33(35)39/h1-27H. The summed E-state index contributed by atoms with van der Waals surface area (Å²) in [4.78, 5) is 2.50. The summed E-state index contributed by atoms with van der Waals surface area (Å²) in [6, 6.07) is 60.2. The Labute approximate surface area is 280 Å². The lowest BCUT2D eigenvalue weighted by atomic mass is 9.97. The van der Waals surface area contributed by atoms with Crippen molar-refractivity contribution in [3.05, 3.63) is 164 Å². The van der Waals surface area contributed by atoms with Gasteiger partial charge in [0, 0.05) is 56.8 Å². The van der Waals surface area contributed by atoms with Gasteiger partial charge in [-0.05, 0) is 64.4 Å². The van der Waals surface area contributed by atoms with Gasteiger partial charge in [-0.3, -0.25) is 0 Å². The van der Waals surface area contributed by atoms with Gasteiger partial charge in [-0.1, -0.05) is 121 Å². The third-order valence-corrected chi connectivity index (χ3v) is 11.8. The summed E-state index contributed by atoms with van der Waals surface area (Å²) < 4.78 is 5.27. The minimum absolute atomic E-state index is 1.14. The molecule has 0 aliphatic rings. The van der Waals surface area contributed by atoms with Crippen LogP contribution in [0.1, 0.15) is 0 Å². The Bertz CT molecular complexity index is 2800. The highest BCUT2D eigenvalue weighted by Gasteiger charge is 2.22. The highest BCUT2D eigenvalue weighted by atomic mass is 32.1. The molecule has 1 nitrogen and oxygen atoms in total. The van der Waals surface area contributed by atoms with Crippen molar-refractivity contribution in [2.24, 2.45) is 0 Å². The van der Waals surface area contributed by atoms with Gasteiger partial charge in [0.2, 0.25) is 0 Å². The van der Waals surface area contributed by atoms with Crippen LogP contribution in [0.5, 0.6) is 0 Å². The molecule has 0 fully saturated rings. The van der Waals surface area contributed by atoms with Gasteiger partial charge in [0.15, 0.2) is 0 Å². The third-order valence-electron chi connectivity index (χ3n) is 9.45. The minimum atomic E-state index is 1.14. The van der Waals surface area contributed by atoms with E-state index in [1.165, 1.54) is 84.4 Å². The molecule has 0 aliphatic carbocycles.